The molecule has 0 saturated carbocycles. The third-order valence-electron chi connectivity index (χ3n) is 3.23. The molecule has 0 amide bonds. The fraction of sp³-hybridized carbons (Fsp3) is 0.562. The van der Waals surface area contributed by atoms with Gasteiger partial charge in [-0.3, -0.25) is 9.00 Å². The number of carbonyl (C=O) groups excluding carboxylic acids is 1. The minimum absolute atomic E-state index is 0.272. The van der Waals surface area contributed by atoms with E-state index in [0.29, 0.717) is 17.4 Å². The molecule has 1 aromatic carbocycles. The lowest BCUT2D eigenvalue weighted by Crippen LogP contribution is -2.23. The van der Waals surface area contributed by atoms with Gasteiger partial charge in [0.15, 0.2) is 0 Å². The normalized spacial score (nSPS) is 15.3. The van der Waals surface area contributed by atoms with Gasteiger partial charge in [-0.2, -0.15) is 0 Å². The third-order valence-corrected chi connectivity index (χ3v) is 5.04. The van der Waals surface area contributed by atoms with Crippen LogP contribution in [-0.4, -0.2) is 21.7 Å². The Labute approximate surface area is 124 Å². The molecule has 0 aromatic heterocycles. The van der Waals surface area contributed by atoms with Gasteiger partial charge in [0, 0.05) is 22.3 Å². The molecule has 0 spiro atoms. The number of rotatable bonds is 8. The fourth-order valence-electron chi connectivity index (χ4n) is 1.72. The molecule has 0 aliphatic rings. The monoisotopic (exact) mass is 296 g/mol. The highest BCUT2D eigenvalue weighted by molar-refractivity contribution is 7.85. The largest absolute Gasteiger partial charge is 0.461 e. The van der Waals surface area contributed by atoms with Gasteiger partial charge in [0.05, 0.1) is 5.92 Å². The maximum absolute atomic E-state index is 11.9. The van der Waals surface area contributed by atoms with E-state index >= 15 is 0 Å². The molecule has 1 rings (SSSR count). The molecule has 0 aliphatic carbocycles. The van der Waals surface area contributed by atoms with E-state index in [1.807, 2.05) is 30.3 Å². The van der Waals surface area contributed by atoms with Gasteiger partial charge >= 0.3 is 5.97 Å². The SMILES string of the molecule is CCC(C)CS(=O)CC(C)C(=O)OCc1ccccc1. The number of esters is 1. The number of hydrogen-bond acceptors (Lipinski definition) is 3. The van der Waals surface area contributed by atoms with E-state index in [-0.39, 0.29) is 18.5 Å². The Balaban J connectivity index is 2.34. The van der Waals surface area contributed by atoms with Gasteiger partial charge in [0.1, 0.15) is 6.61 Å². The maximum atomic E-state index is 11.9. The summed E-state index contributed by atoms with van der Waals surface area (Å²) in [6, 6.07) is 9.58. The lowest BCUT2D eigenvalue weighted by atomic mass is 10.2. The van der Waals surface area contributed by atoms with Crippen molar-refractivity contribution in [1.29, 1.82) is 0 Å². The molecular weight excluding hydrogens is 272 g/mol. The molecule has 0 saturated heterocycles. The van der Waals surface area contributed by atoms with Crippen LogP contribution in [0.2, 0.25) is 0 Å². The molecule has 1 aromatic rings. The third kappa shape index (κ3) is 6.33. The van der Waals surface area contributed by atoms with Gasteiger partial charge in [-0.25, -0.2) is 0 Å². The predicted molar refractivity (Wildman–Crippen MR) is 82.7 cm³/mol. The van der Waals surface area contributed by atoms with Gasteiger partial charge in [0.2, 0.25) is 0 Å². The lowest BCUT2D eigenvalue weighted by Gasteiger charge is -2.13. The summed E-state index contributed by atoms with van der Waals surface area (Å²) in [5, 5.41) is 0. The average molecular weight is 296 g/mol. The Morgan fingerprint density at radius 1 is 1.20 bits per heavy atom. The minimum Gasteiger partial charge on any atom is -0.461 e. The van der Waals surface area contributed by atoms with E-state index in [1.54, 1.807) is 6.92 Å². The van der Waals surface area contributed by atoms with Crippen LogP contribution in [0.5, 0.6) is 0 Å². The molecular formula is C16H24O3S. The van der Waals surface area contributed by atoms with Crippen LogP contribution in [0.15, 0.2) is 30.3 Å². The zero-order chi connectivity index (χ0) is 15.0. The van der Waals surface area contributed by atoms with E-state index in [0.717, 1.165) is 12.0 Å². The highest BCUT2D eigenvalue weighted by atomic mass is 32.2. The Morgan fingerprint density at radius 2 is 1.85 bits per heavy atom. The van der Waals surface area contributed by atoms with Gasteiger partial charge in [0.25, 0.3) is 0 Å². The van der Waals surface area contributed by atoms with Crippen molar-refractivity contribution in [3.8, 4) is 0 Å². The van der Waals surface area contributed by atoms with Crippen molar-refractivity contribution in [2.75, 3.05) is 11.5 Å². The summed E-state index contributed by atoms with van der Waals surface area (Å²) >= 11 is 0. The first-order valence-electron chi connectivity index (χ1n) is 7.08. The number of ether oxygens (including phenoxy) is 1. The van der Waals surface area contributed by atoms with Crippen LogP contribution in [-0.2, 0) is 26.9 Å². The molecule has 112 valence electrons. The van der Waals surface area contributed by atoms with Crippen molar-refractivity contribution < 1.29 is 13.7 Å². The summed E-state index contributed by atoms with van der Waals surface area (Å²) in [5.74, 6) is 0.892. The average Bonchev–Trinajstić information content (AvgIpc) is 2.45. The topological polar surface area (TPSA) is 43.4 Å². The van der Waals surface area contributed by atoms with E-state index in [9.17, 15) is 9.00 Å². The molecule has 4 heteroatoms. The molecule has 0 N–H and O–H groups in total. The van der Waals surface area contributed by atoms with Gasteiger partial charge in [-0.05, 0) is 11.5 Å². The standard InChI is InChI=1S/C16H24O3S/c1-4-13(2)11-20(18)12-14(3)16(17)19-10-15-8-6-5-7-9-15/h5-9,13-14H,4,10-12H2,1-3H3. The molecule has 3 nitrogen and oxygen atoms in total. The summed E-state index contributed by atoms with van der Waals surface area (Å²) in [4.78, 5) is 11.9. The Morgan fingerprint density at radius 3 is 2.45 bits per heavy atom. The highest BCUT2D eigenvalue weighted by Gasteiger charge is 2.18. The van der Waals surface area contributed by atoms with Crippen molar-refractivity contribution in [3.05, 3.63) is 35.9 Å². The molecule has 3 unspecified atom stereocenters. The Kier molecular flexibility index (Phi) is 7.52. The number of benzene rings is 1. The minimum atomic E-state index is -0.950. The quantitative estimate of drug-likeness (QED) is 0.692. The van der Waals surface area contributed by atoms with Gasteiger partial charge < -0.3 is 4.74 Å². The van der Waals surface area contributed by atoms with Crippen LogP contribution in [0.1, 0.15) is 32.8 Å². The van der Waals surface area contributed by atoms with Crippen LogP contribution in [0, 0.1) is 11.8 Å². The molecule has 20 heavy (non-hydrogen) atoms. The summed E-state index contributed by atoms with van der Waals surface area (Å²) in [6.07, 6.45) is 1.01. The fourth-order valence-corrected chi connectivity index (χ4v) is 3.42. The summed E-state index contributed by atoms with van der Waals surface area (Å²) < 4.78 is 17.2. The van der Waals surface area contributed by atoms with Crippen molar-refractivity contribution in [1.82, 2.24) is 0 Å². The van der Waals surface area contributed by atoms with Gasteiger partial charge in [-0.15, -0.1) is 0 Å². The second kappa shape index (κ2) is 8.90. The number of hydrogen-bond donors (Lipinski definition) is 0. The molecule has 0 heterocycles. The first-order chi connectivity index (χ1) is 9.52. The summed E-state index contributed by atoms with van der Waals surface area (Å²) in [6.45, 7) is 6.22. The predicted octanol–water partition coefficient (Wildman–Crippen LogP) is 3.16. The molecule has 0 radical (unpaired) electrons. The number of carbonyl (C=O) groups is 1. The van der Waals surface area contributed by atoms with Crippen LogP contribution in [0.25, 0.3) is 0 Å². The second-order valence-electron chi connectivity index (χ2n) is 5.28. The van der Waals surface area contributed by atoms with Crippen molar-refractivity contribution in [3.63, 3.8) is 0 Å². The lowest BCUT2D eigenvalue weighted by molar-refractivity contribution is -0.148. The zero-order valence-corrected chi connectivity index (χ0v) is 13.3. The summed E-state index contributed by atoms with van der Waals surface area (Å²) in [5.41, 5.74) is 0.966. The van der Waals surface area contributed by atoms with Crippen molar-refractivity contribution >= 4 is 16.8 Å². The van der Waals surface area contributed by atoms with E-state index < -0.39 is 10.8 Å². The first kappa shape index (κ1) is 16.9. The molecule has 3 atom stereocenters. The highest BCUT2D eigenvalue weighted by Crippen LogP contribution is 2.09. The summed E-state index contributed by atoms with van der Waals surface area (Å²) in [7, 11) is -0.950. The van der Waals surface area contributed by atoms with E-state index in [1.165, 1.54) is 0 Å². The van der Waals surface area contributed by atoms with Crippen molar-refractivity contribution in [2.24, 2.45) is 11.8 Å². The molecule has 0 bridgehead atoms. The zero-order valence-electron chi connectivity index (χ0n) is 12.5. The van der Waals surface area contributed by atoms with E-state index in [2.05, 4.69) is 13.8 Å². The Hall–Kier alpha value is -1.16. The van der Waals surface area contributed by atoms with Crippen LogP contribution in [0.3, 0.4) is 0 Å². The maximum Gasteiger partial charge on any atom is 0.309 e. The second-order valence-corrected chi connectivity index (χ2v) is 6.83. The van der Waals surface area contributed by atoms with E-state index in [4.69, 9.17) is 4.74 Å². The smallest absolute Gasteiger partial charge is 0.309 e. The Bertz CT molecular complexity index is 431. The van der Waals surface area contributed by atoms with Gasteiger partial charge in [-0.1, -0.05) is 57.5 Å². The van der Waals surface area contributed by atoms with Crippen molar-refractivity contribution in [2.45, 2.75) is 33.8 Å². The first-order valence-corrected chi connectivity index (χ1v) is 8.57. The van der Waals surface area contributed by atoms with Crippen LogP contribution in [0.4, 0.5) is 0 Å². The van der Waals surface area contributed by atoms with Crippen LogP contribution >= 0.6 is 0 Å². The van der Waals surface area contributed by atoms with Crippen LogP contribution < -0.4 is 0 Å². The molecule has 0 fully saturated rings. The molecule has 0 aliphatic heterocycles.